The van der Waals surface area contributed by atoms with Gasteiger partial charge < -0.3 is 4.90 Å². The lowest BCUT2D eigenvalue weighted by Crippen LogP contribution is -2.42. The lowest BCUT2D eigenvalue weighted by molar-refractivity contribution is -0.135. The summed E-state index contributed by atoms with van der Waals surface area (Å²) in [6, 6.07) is 19.0. The van der Waals surface area contributed by atoms with Crippen molar-refractivity contribution < 1.29 is 9.59 Å². The van der Waals surface area contributed by atoms with Crippen molar-refractivity contribution in [2.75, 3.05) is 13.6 Å². The van der Waals surface area contributed by atoms with Crippen LogP contribution in [0.2, 0.25) is 0 Å². The molecule has 3 N–H and O–H groups in total. The number of hydrazine groups is 1. The van der Waals surface area contributed by atoms with E-state index in [1.807, 2.05) is 66.1 Å². The lowest BCUT2D eigenvalue weighted by Gasteiger charge is -2.24. The minimum absolute atomic E-state index is 0.0779. The first-order chi connectivity index (χ1) is 10.6. The first kappa shape index (κ1) is 15.7. The molecule has 2 aromatic rings. The Bertz CT molecular complexity index is 589. The predicted molar refractivity (Wildman–Crippen MR) is 84.7 cm³/mol. The minimum Gasteiger partial charge on any atom is -0.336 e. The van der Waals surface area contributed by atoms with Crippen LogP contribution in [-0.4, -0.2) is 30.3 Å². The van der Waals surface area contributed by atoms with Gasteiger partial charge in [-0.05, 0) is 11.1 Å². The van der Waals surface area contributed by atoms with Crippen molar-refractivity contribution in [2.45, 2.75) is 5.92 Å². The molecular weight excluding hydrogens is 278 g/mol. The molecule has 0 aliphatic rings. The smallest absolute Gasteiger partial charge is 0.253 e. The van der Waals surface area contributed by atoms with Crippen molar-refractivity contribution in [1.82, 2.24) is 10.3 Å². The summed E-state index contributed by atoms with van der Waals surface area (Å²) in [5.41, 5.74) is 3.81. The maximum Gasteiger partial charge on any atom is 0.253 e. The van der Waals surface area contributed by atoms with E-state index < -0.39 is 11.8 Å². The SMILES string of the molecule is CN(CC(=O)NN)C(=O)C(c1ccccc1)c1ccccc1. The van der Waals surface area contributed by atoms with Crippen LogP contribution in [0.15, 0.2) is 60.7 Å². The van der Waals surface area contributed by atoms with Crippen molar-refractivity contribution in [3.05, 3.63) is 71.8 Å². The number of carbonyl (C=O) groups excluding carboxylic acids is 2. The van der Waals surface area contributed by atoms with E-state index in [4.69, 9.17) is 5.84 Å². The molecule has 2 rings (SSSR count). The number of amides is 2. The fraction of sp³-hybridized carbons (Fsp3) is 0.176. The molecule has 5 nitrogen and oxygen atoms in total. The van der Waals surface area contributed by atoms with Gasteiger partial charge >= 0.3 is 0 Å². The Hall–Kier alpha value is -2.66. The van der Waals surface area contributed by atoms with E-state index in [1.165, 1.54) is 4.90 Å². The molecule has 0 aliphatic heterocycles. The molecule has 2 amide bonds. The summed E-state index contributed by atoms with van der Waals surface area (Å²) in [6.45, 7) is -0.0779. The van der Waals surface area contributed by atoms with Crippen LogP contribution in [0.25, 0.3) is 0 Å². The number of carbonyl (C=O) groups is 2. The highest BCUT2D eigenvalue weighted by molar-refractivity contribution is 5.90. The number of rotatable bonds is 5. The first-order valence-electron chi connectivity index (χ1n) is 6.97. The minimum atomic E-state index is -0.446. The molecule has 0 unspecified atom stereocenters. The van der Waals surface area contributed by atoms with Gasteiger partial charge in [-0.15, -0.1) is 0 Å². The van der Waals surface area contributed by atoms with Crippen molar-refractivity contribution in [3.8, 4) is 0 Å². The van der Waals surface area contributed by atoms with Crippen molar-refractivity contribution in [1.29, 1.82) is 0 Å². The van der Waals surface area contributed by atoms with Gasteiger partial charge in [0, 0.05) is 7.05 Å². The van der Waals surface area contributed by atoms with Crippen LogP contribution in [0.1, 0.15) is 17.0 Å². The Balaban J connectivity index is 2.33. The van der Waals surface area contributed by atoms with E-state index in [0.717, 1.165) is 11.1 Å². The van der Waals surface area contributed by atoms with Gasteiger partial charge in [-0.3, -0.25) is 15.0 Å². The molecule has 5 heteroatoms. The molecule has 0 spiro atoms. The molecule has 0 heterocycles. The van der Waals surface area contributed by atoms with Gasteiger partial charge in [0.05, 0.1) is 5.92 Å². The highest BCUT2D eigenvalue weighted by Gasteiger charge is 2.26. The number of likely N-dealkylation sites (N-methyl/N-ethyl adjacent to an activating group) is 1. The van der Waals surface area contributed by atoms with E-state index in [2.05, 4.69) is 0 Å². The molecular formula is C17H19N3O2. The van der Waals surface area contributed by atoms with Crippen LogP contribution < -0.4 is 11.3 Å². The number of hydrogen-bond acceptors (Lipinski definition) is 3. The molecule has 0 bridgehead atoms. The average molecular weight is 297 g/mol. The zero-order valence-corrected chi connectivity index (χ0v) is 12.4. The summed E-state index contributed by atoms with van der Waals surface area (Å²) < 4.78 is 0. The van der Waals surface area contributed by atoms with E-state index >= 15 is 0 Å². The van der Waals surface area contributed by atoms with Crippen LogP contribution in [-0.2, 0) is 9.59 Å². The summed E-state index contributed by atoms with van der Waals surface area (Å²) >= 11 is 0. The van der Waals surface area contributed by atoms with Crippen molar-refractivity contribution in [2.24, 2.45) is 5.84 Å². The molecule has 22 heavy (non-hydrogen) atoms. The number of nitrogens with two attached hydrogens (primary N) is 1. The molecule has 0 saturated heterocycles. The topological polar surface area (TPSA) is 75.4 Å². The fourth-order valence-corrected chi connectivity index (χ4v) is 2.33. The molecule has 2 aromatic carbocycles. The zero-order valence-electron chi connectivity index (χ0n) is 12.4. The summed E-state index contributed by atoms with van der Waals surface area (Å²) in [4.78, 5) is 25.6. The third-order valence-corrected chi connectivity index (χ3v) is 3.43. The fourth-order valence-electron chi connectivity index (χ4n) is 2.33. The molecule has 0 aromatic heterocycles. The van der Waals surface area contributed by atoms with Gasteiger partial charge in [-0.1, -0.05) is 60.7 Å². The van der Waals surface area contributed by atoms with Crippen LogP contribution in [0.4, 0.5) is 0 Å². The van der Waals surface area contributed by atoms with Crippen LogP contribution in [0.5, 0.6) is 0 Å². The number of hydrogen-bond donors (Lipinski definition) is 2. The van der Waals surface area contributed by atoms with Crippen LogP contribution >= 0.6 is 0 Å². The molecule has 0 aliphatic carbocycles. The Morgan fingerprint density at radius 2 is 1.45 bits per heavy atom. The molecule has 0 fully saturated rings. The van der Waals surface area contributed by atoms with Crippen molar-refractivity contribution >= 4 is 11.8 Å². The standard InChI is InChI=1S/C17H19N3O2/c1-20(12-15(21)19-18)17(22)16(13-8-4-2-5-9-13)14-10-6-3-7-11-14/h2-11,16H,12,18H2,1H3,(H,19,21). The van der Waals surface area contributed by atoms with Gasteiger partial charge in [0.2, 0.25) is 5.91 Å². The predicted octanol–water partition coefficient (Wildman–Crippen LogP) is 1.27. The largest absolute Gasteiger partial charge is 0.336 e. The normalized spacial score (nSPS) is 10.3. The second kappa shape index (κ2) is 7.38. The third kappa shape index (κ3) is 3.71. The highest BCUT2D eigenvalue weighted by atomic mass is 16.2. The summed E-state index contributed by atoms with van der Waals surface area (Å²) in [7, 11) is 1.59. The highest BCUT2D eigenvalue weighted by Crippen LogP contribution is 2.26. The summed E-state index contributed by atoms with van der Waals surface area (Å²) in [5.74, 6) is 4.08. The molecule has 0 radical (unpaired) electrons. The Morgan fingerprint density at radius 3 is 1.86 bits per heavy atom. The second-order valence-corrected chi connectivity index (χ2v) is 5.02. The maximum absolute atomic E-state index is 12.8. The van der Waals surface area contributed by atoms with Gasteiger partial charge in [0.1, 0.15) is 6.54 Å². The van der Waals surface area contributed by atoms with E-state index in [0.29, 0.717) is 0 Å². The Kier molecular flexibility index (Phi) is 5.27. The summed E-state index contributed by atoms with van der Waals surface area (Å²) in [5, 5.41) is 0. The summed E-state index contributed by atoms with van der Waals surface area (Å²) in [6.07, 6.45) is 0. The van der Waals surface area contributed by atoms with Gasteiger partial charge in [-0.25, -0.2) is 5.84 Å². The quantitative estimate of drug-likeness (QED) is 0.496. The van der Waals surface area contributed by atoms with Gasteiger partial charge in [0.15, 0.2) is 0 Å². The van der Waals surface area contributed by atoms with Crippen LogP contribution in [0, 0.1) is 0 Å². The zero-order chi connectivity index (χ0) is 15.9. The first-order valence-corrected chi connectivity index (χ1v) is 6.97. The monoisotopic (exact) mass is 297 g/mol. The molecule has 0 saturated carbocycles. The van der Waals surface area contributed by atoms with Gasteiger partial charge in [-0.2, -0.15) is 0 Å². The lowest BCUT2D eigenvalue weighted by atomic mass is 9.90. The third-order valence-electron chi connectivity index (χ3n) is 3.43. The Labute approximate surface area is 129 Å². The average Bonchev–Trinajstić information content (AvgIpc) is 2.56. The van der Waals surface area contributed by atoms with Gasteiger partial charge in [0.25, 0.3) is 5.91 Å². The van der Waals surface area contributed by atoms with E-state index in [9.17, 15) is 9.59 Å². The molecule has 0 atom stereocenters. The van der Waals surface area contributed by atoms with E-state index in [1.54, 1.807) is 7.05 Å². The number of benzene rings is 2. The maximum atomic E-state index is 12.8. The van der Waals surface area contributed by atoms with Crippen LogP contribution in [0.3, 0.4) is 0 Å². The Morgan fingerprint density at radius 1 is 1.00 bits per heavy atom. The molecule has 114 valence electrons. The number of nitrogens with one attached hydrogen (secondary N) is 1. The van der Waals surface area contributed by atoms with Crippen molar-refractivity contribution in [3.63, 3.8) is 0 Å². The number of nitrogens with zero attached hydrogens (tertiary/aromatic N) is 1. The second-order valence-electron chi connectivity index (χ2n) is 5.02. The van der Waals surface area contributed by atoms with E-state index in [-0.39, 0.29) is 12.5 Å².